The standard InChI is InChI=1S/C14H21N3O3/c1-2-5-15-11-6-12(8-13(7-11)17(19)20)16-9-14(10-18)3-4-14/h6-8,15-16,18H,2-5,9-10H2,1H3. The van der Waals surface area contributed by atoms with Gasteiger partial charge in [0.1, 0.15) is 0 Å². The van der Waals surface area contributed by atoms with Gasteiger partial charge in [0.05, 0.1) is 11.5 Å². The minimum atomic E-state index is -0.388. The number of hydrogen-bond acceptors (Lipinski definition) is 5. The molecule has 0 atom stereocenters. The van der Waals surface area contributed by atoms with Gasteiger partial charge in [0.25, 0.3) is 5.69 Å². The van der Waals surface area contributed by atoms with Gasteiger partial charge in [-0.3, -0.25) is 10.1 Å². The van der Waals surface area contributed by atoms with Gasteiger partial charge in [-0.15, -0.1) is 0 Å². The maximum Gasteiger partial charge on any atom is 0.273 e. The highest BCUT2D eigenvalue weighted by molar-refractivity contribution is 5.63. The first-order valence-corrected chi connectivity index (χ1v) is 6.97. The molecule has 0 spiro atoms. The van der Waals surface area contributed by atoms with Gasteiger partial charge in [0.2, 0.25) is 0 Å². The zero-order chi connectivity index (χ0) is 14.6. The van der Waals surface area contributed by atoms with E-state index in [0.29, 0.717) is 6.54 Å². The van der Waals surface area contributed by atoms with Crippen LogP contribution in [0.25, 0.3) is 0 Å². The monoisotopic (exact) mass is 279 g/mol. The van der Waals surface area contributed by atoms with Crippen molar-refractivity contribution in [2.45, 2.75) is 26.2 Å². The van der Waals surface area contributed by atoms with Gasteiger partial charge in [-0.25, -0.2) is 0 Å². The van der Waals surface area contributed by atoms with Crippen molar-refractivity contribution < 1.29 is 10.0 Å². The Morgan fingerprint density at radius 1 is 1.30 bits per heavy atom. The minimum absolute atomic E-state index is 0.0262. The fraction of sp³-hybridized carbons (Fsp3) is 0.571. The number of hydrogen-bond donors (Lipinski definition) is 3. The molecule has 6 nitrogen and oxygen atoms in total. The summed E-state index contributed by atoms with van der Waals surface area (Å²) < 4.78 is 0. The summed E-state index contributed by atoms with van der Waals surface area (Å²) >= 11 is 0. The lowest BCUT2D eigenvalue weighted by Gasteiger charge is -2.15. The van der Waals surface area contributed by atoms with Crippen LogP contribution in [0.4, 0.5) is 17.1 Å². The molecule has 0 unspecified atom stereocenters. The lowest BCUT2D eigenvalue weighted by molar-refractivity contribution is -0.384. The van der Waals surface area contributed by atoms with Crippen LogP contribution in [0.3, 0.4) is 0 Å². The van der Waals surface area contributed by atoms with E-state index < -0.39 is 0 Å². The zero-order valence-corrected chi connectivity index (χ0v) is 11.7. The van der Waals surface area contributed by atoms with Crippen LogP contribution in [-0.4, -0.2) is 29.7 Å². The topological polar surface area (TPSA) is 87.4 Å². The van der Waals surface area contributed by atoms with Gasteiger partial charge in [-0.05, 0) is 25.3 Å². The van der Waals surface area contributed by atoms with Gasteiger partial charge in [-0.2, -0.15) is 0 Å². The Kier molecular flexibility index (Phi) is 4.44. The lowest BCUT2D eigenvalue weighted by Crippen LogP contribution is -2.19. The molecule has 1 aromatic rings. The molecule has 0 aliphatic heterocycles. The number of nitro benzene ring substituents is 1. The van der Waals surface area contributed by atoms with Crippen LogP contribution in [0, 0.1) is 15.5 Å². The molecular formula is C14H21N3O3. The highest BCUT2D eigenvalue weighted by Crippen LogP contribution is 2.45. The number of anilines is 2. The van der Waals surface area contributed by atoms with Crippen LogP contribution < -0.4 is 10.6 Å². The van der Waals surface area contributed by atoms with Crippen molar-refractivity contribution in [3.63, 3.8) is 0 Å². The molecule has 0 bridgehead atoms. The van der Waals surface area contributed by atoms with Crippen LogP contribution in [0.1, 0.15) is 26.2 Å². The molecule has 0 heterocycles. The first kappa shape index (κ1) is 14.6. The number of nitro groups is 1. The first-order valence-electron chi connectivity index (χ1n) is 6.97. The third-order valence-corrected chi connectivity index (χ3v) is 3.67. The third kappa shape index (κ3) is 3.60. The molecule has 0 radical (unpaired) electrons. The molecule has 1 fully saturated rings. The molecule has 3 N–H and O–H groups in total. The lowest BCUT2D eigenvalue weighted by atomic mass is 10.1. The molecule has 1 aromatic carbocycles. The SMILES string of the molecule is CCCNc1cc(NCC2(CO)CC2)cc([N+](=O)[O-])c1. The van der Waals surface area contributed by atoms with Crippen molar-refractivity contribution in [2.24, 2.45) is 5.41 Å². The van der Waals surface area contributed by atoms with Crippen LogP contribution in [-0.2, 0) is 0 Å². The second kappa shape index (κ2) is 6.09. The number of rotatable bonds is 8. The van der Waals surface area contributed by atoms with Gasteiger partial charge in [0.15, 0.2) is 0 Å². The van der Waals surface area contributed by atoms with Crippen molar-refractivity contribution in [1.82, 2.24) is 0 Å². The highest BCUT2D eigenvalue weighted by atomic mass is 16.6. The van der Waals surface area contributed by atoms with Crippen LogP contribution in [0.5, 0.6) is 0 Å². The molecule has 2 rings (SSSR count). The number of non-ortho nitro benzene ring substituents is 1. The number of nitrogens with one attached hydrogen (secondary N) is 2. The van der Waals surface area contributed by atoms with E-state index in [1.54, 1.807) is 6.07 Å². The number of benzene rings is 1. The number of aliphatic hydroxyl groups is 1. The summed E-state index contributed by atoms with van der Waals surface area (Å²) in [6.45, 7) is 3.64. The molecule has 20 heavy (non-hydrogen) atoms. The molecule has 110 valence electrons. The van der Waals surface area contributed by atoms with Crippen LogP contribution >= 0.6 is 0 Å². The van der Waals surface area contributed by atoms with E-state index >= 15 is 0 Å². The van der Waals surface area contributed by atoms with E-state index in [1.807, 2.05) is 13.0 Å². The van der Waals surface area contributed by atoms with E-state index in [2.05, 4.69) is 10.6 Å². The molecule has 0 aromatic heterocycles. The summed E-state index contributed by atoms with van der Waals surface area (Å²) in [5, 5.41) is 26.6. The Morgan fingerprint density at radius 2 is 1.95 bits per heavy atom. The molecule has 1 aliphatic rings. The highest BCUT2D eigenvalue weighted by Gasteiger charge is 2.41. The Labute approximate surface area is 118 Å². The van der Waals surface area contributed by atoms with E-state index in [0.717, 1.165) is 37.2 Å². The Balaban J connectivity index is 2.09. The first-order chi connectivity index (χ1) is 9.58. The predicted octanol–water partition coefficient (Wildman–Crippen LogP) is 2.60. The smallest absolute Gasteiger partial charge is 0.273 e. The van der Waals surface area contributed by atoms with Crippen LogP contribution in [0.15, 0.2) is 18.2 Å². The molecule has 6 heteroatoms. The van der Waals surface area contributed by atoms with Crippen molar-refractivity contribution >= 4 is 17.1 Å². The average molecular weight is 279 g/mol. The van der Waals surface area contributed by atoms with E-state index in [-0.39, 0.29) is 22.6 Å². The number of nitrogens with zero attached hydrogens (tertiary/aromatic N) is 1. The maximum atomic E-state index is 11.0. The van der Waals surface area contributed by atoms with Gasteiger partial charge < -0.3 is 15.7 Å². The Bertz CT molecular complexity index is 487. The second-order valence-corrected chi connectivity index (χ2v) is 5.46. The Morgan fingerprint density at radius 3 is 2.45 bits per heavy atom. The summed E-state index contributed by atoms with van der Waals surface area (Å²) in [6.07, 6.45) is 2.97. The van der Waals surface area contributed by atoms with Crippen molar-refractivity contribution in [3.05, 3.63) is 28.3 Å². The van der Waals surface area contributed by atoms with Gasteiger partial charge in [-0.1, -0.05) is 6.92 Å². The van der Waals surface area contributed by atoms with Gasteiger partial charge >= 0.3 is 0 Å². The van der Waals surface area contributed by atoms with Crippen molar-refractivity contribution in [2.75, 3.05) is 30.3 Å². The summed E-state index contributed by atoms with van der Waals surface area (Å²) in [6, 6.07) is 4.94. The molecular weight excluding hydrogens is 258 g/mol. The molecule has 1 aliphatic carbocycles. The zero-order valence-electron chi connectivity index (χ0n) is 11.7. The van der Waals surface area contributed by atoms with Crippen LogP contribution in [0.2, 0.25) is 0 Å². The van der Waals surface area contributed by atoms with E-state index in [9.17, 15) is 15.2 Å². The summed E-state index contributed by atoms with van der Waals surface area (Å²) in [4.78, 5) is 10.6. The summed E-state index contributed by atoms with van der Waals surface area (Å²) in [5.74, 6) is 0. The van der Waals surface area contributed by atoms with Crippen molar-refractivity contribution in [3.8, 4) is 0 Å². The largest absolute Gasteiger partial charge is 0.396 e. The minimum Gasteiger partial charge on any atom is -0.396 e. The third-order valence-electron chi connectivity index (χ3n) is 3.67. The van der Waals surface area contributed by atoms with Gasteiger partial charge in [0, 0.05) is 42.0 Å². The number of aliphatic hydroxyl groups excluding tert-OH is 1. The fourth-order valence-corrected chi connectivity index (χ4v) is 2.05. The average Bonchev–Trinajstić information content (AvgIpc) is 3.23. The molecule has 0 saturated heterocycles. The predicted molar refractivity (Wildman–Crippen MR) is 79.1 cm³/mol. The Hall–Kier alpha value is -1.82. The van der Waals surface area contributed by atoms with E-state index in [4.69, 9.17) is 0 Å². The second-order valence-electron chi connectivity index (χ2n) is 5.46. The quantitative estimate of drug-likeness (QED) is 0.503. The summed E-state index contributed by atoms with van der Waals surface area (Å²) in [7, 11) is 0. The normalized spacial score (nSPS) is 15.7. The molecule has 0 amide bonds. The summed E-state index contributed by atoms with van der Waals surface area (Å²) in [5.41, 5.74) is 1.51. The fourth-order valence-electron chi connectivity index (χ4n) is 2.05. The van der Waals surface area contributed by atoms with Crippen molar-refractivity contribution in [1.29, 1.82) is 0 Å². The maximum absolute atomic E-state index is 11.0. The van der Waals surface area contributed by atoms with E-state index in [1.165, 1.54) is 6.07 Å². The molecule has 1 saturated carbocycles.